The molecule has 0 aromatic rings. The van der Waals surface area contributed by atoms with Crippen LogP contribution in [0.3, 0.4) is 0 Å². The molecule has 1 rings (SSSR count). The molecule has 0 radical (unpaired) electrons. The molecule has 1 aliphatic carbocycles. The standard InChI is InChI=1S/C11H17NO/c1-10-5-2-3-6-11(10,9-13)7-4-8-12/h9-10H,2-7H2,1H3. The van der Waals surface area contributed by atoms with Gasteiger partial charge in [0.05, 0.1) is 6.07 Å². The Balaban J connectivity index is 2.65. The Hall–Kier alpha value is -0.840. The van der Waals surface area contributed by atoms with E-state index >= 15 is 0 Å². The summed E-state index contributed by atoms with van der Waals surface area (Å²) in [4.78, 5) is 11.1. The van der Waals surface area contributed by atoms with Gasteiger partial charge in [0.25, 0.3) is 0 Å². The minimum Gasteiger partial charge on any atom is -0.303 e. The van der Waals surface area contributed by atoms with Crippen molar-refractivity contribution in [3.63, 3.8) is 0 Å². The normalized spacial score (nSPS) is 33.7. The van der Waals surface area contributed by atoms with E-state index in [0.717, 1.165) is 32.0 Å². The van der Waals surface area contributed by atoms with E-state index < -0.39 is 0 Å². The molecule has 0 aliphatic heterocycles. The van der Waals surface area contributed by atoms with Gasteiger partial charge in [-0.1, -0.05) is 19.8 Å². The second-order valence-electron chi connectivity index (χ2n) is 4.16. The third-order valence-corrected chi connectivity index (χ3v) is 3.45. The van der Waals surface area contributed by atoms with Gasteiger partial charge in [0.2, 0.25) is 0 Å². The zero-order chi connectivity index (χ0) is 9.73. The summed E-state index contributed by atoms with van der Waals surface area (Å²) >= 11 is 0. The van der Waals surface area contributed by atoms with E-state index in [9.17, 15) is 4.79 Å². The Morgan fingerprint density at radius 1 is 1.62 bits per heavy atom. The van der Waals surface area contributed by atoms with Crippen LogP contribution >= 0.6 is 0 Å². The Morgan fingerprint density at radius 3 is 2.92 bits per heavy atom. The molecular weight excluding hydrogens is 162 g/mol. The molecule has 0 saturated heterocycles. The summed E-state index contributed by atoms with van der Waals surface area (Å²) < 4.78 is 0. The summed E-state index contributed by atoms with van der Waals surface area (Å²) in [5, 5.41) is 8.53. The molecule has 0 aromatic heterocycles. The van der Waals surface area contributed by atoms with Crippen molar-refractivity contribution in [1.29, 1.82) is 5.26 Å². The molecule has 0 amide bonds. The molecule has 0 spiro atoms. The van der Waals surface area contributed by atoms with Crippen molar-refractivity contribution in [2.45, 2.75) is 45.4 Å². The lowest BCUT2D eigenvalue weighted by Crippen LogP contribution is -2.33. The van der Waals surface area contributed by atoms with Crippen molar-refractivity contribution < 1.29 is 4.79 Å². The smallest absolute Gasteiger partial charge is 0.126 e. The van der Waals surface area contributed by atoms with E-state index in [1.54, 1.807) is 0 Å². The third kappa shape index (κ3) is 2.09. The number of hydrogen-bond acceptors (Lipinski definition) is 2. The first kappa shape index (κ1) is 10.2. The molecule has 2 unspecified atom stereocenters. The molecule has 2 nitrogen and oxygen atoms in total. The molecule has 13 heavy (non-hydrogen) atoms. The fourth-order valence-corrected chi connectivity index (χ4v) is 2.33. The van der Waals surface area contributed by atoms with Crippen LogP contribution in [0.25, 0.3) is 0 Å². The maximum absolute atomic E-state index is 11.1. The first-order valence-electron chi connectivity index (χ1n) is 5.08. The number of carbonyl (C=O) groups is 1. The number of carbonyl (C=O) groups excluding carboxylic acids is 1. The summed E-state index contributed by atoms with van der Waals surface area (Å²) in [6, 6.07) is 2.14. The van der Waals surface area contributed by atoms with Crippen molar-refractivity contribution in [3.8, 4) is 6.07 Å². The van der Waals surface area contributed by atoms with Gasteiger partial charge >= 0.3 is 0 Å². The molecule has 0 N–H and O–H groups in total. The van der Waals surface area contributed by atoms with E-state index in [1.165, 1.54) is 6.42 Å². The molecule has 2 atom stereocenters. The lowest BCUT2D eigenvalue weighted by Gasteiger charge is -2.37. The van der Waals surface area contributed by atoms with Crippen LogP contribution < -0.4 is 0 Å². The molecule has 1 aliphatic rings. The molecule has 0 bridgehead atoms. The largest absolute Gasteiger partial charge is 0.303 e. The van der Waals surface area contributed by atoms with E-state index in [4.69, 9.17) is 5.26 Å². The van der Waals surface area contributed by atoms with Crippen LogP contribution in [0, 0.1) is 22.7 Å². The van der Waals surface area contributed by atoms with E-state index in [1.807, 2.05) is 0 Å². The van der Waals surface area contributed by atoms with Gasteiger partial charge in [0, 0.05) is 11.8 Å². The predicted molar refractivity (Wildman–Crippen MR) is 51.0 cm³/mol. The average molecular weight is 179 g/mol. The Kier molecular flexibility index (Phi) is 3.48. The molecule has 2 heteroatoms. The Morgan fingerprint density at radius 2 is 2.38 bits per heavy atom. The van der Waals surface area contributed by atoms with Crippen LogP contribution in [0.1, 0.15) is 45.4 Å². The zero-order valence-corrected chi connectivity index (χ0v) is 8.25. The zero-order valence-electron chi connectivity index (χ0n) is 8.25. The number of aldehydes is 1. The highest BCUT2D eigenvalue weighted by atomic mass is 16.1. The second kappa shape index (κ2) is 4.41. The van der Waals surface area contributed by atoms with Gasteiger partial charge in [0.15, 0.2) is 0 Å². The fourth-order valence-electron chi connectivity index (χ4n) is 2.33. The summed E-state index contributed by atoms with van der Waals surface area (Å²) in [5.41, 5.74) is -0.173. The maximum atomic E-state index is 11.1. The van der Waals surface area contributed by atoms with Gasteiger partial charge in [-0.25, -0.2) is 0 Å². The highest BCUT2D eigenvalue weighted by molar-refractivity contribution is 5.60. The predicted octanol–water partition coefficient (Wildman–Crippen LogP) is 2.69. The van der Waals surface area contributed by atoms with Crippen LogP contribution in [0.15, 0.2) is 0 Å². The van der Waals surface area contributed by atoms with Gasteiger partial charge in [-0.3, -0.25) is 0 Å². The van der Waals surface area contributed by atoms with Crippen molar-refractivity contribution in [3.05, 3.63) is 0 Å². The van der Waals surface area contributed by atoms with Crippen molar-refractivity contribution in [2.24, 2.45) is 11.3 Å². The van der Waals surface area contributed by atoms with E-state index in [-0.39, 0.29) is 5.41 Å². The first-order chi connectivity index (χ1) is 6.25. The van der Waals surface area contributed by atoms with Crippen molar-refractivity contribution in [2.75, 3.05) is 0 Å². The summed E-state index contributed by atoms with van der Waals surface area (Å²) in [6.45, 7) is 2.14. The van der Waals surface area contributed by atoms with E-state index in [0.29, 0.717) is 12.3 Å². The Bertz CT molecular complexity index is 219. The maximum Gasteiger partial charge on any atom is 0.126 e. The second-order valence-corrected chi connectivity index (χ2v) is 4.16. The van der Waals surface area contributed by atoms with Crippen LogP contribution in [-0.4, -0.2) is 6.29 Å². The van der Waals surface area contributed by atoms with Gasteiger partial charge in [-0.2, -0.15) is 5.26 Å². The minimum absolute atomic E-state index is 0.173. The van der Waals surface area contributed by atoms with Gasteiger partial charge in [-0.15, -0.1) is 0 Å². The molecular formula is C11H17NO. The van der Waals surface area contributed by atoms with Crippen LogP contribution in [0.5, 0.6) is 0 Å². The molecule has 72 valence electrons. The van der Waals surface area contributed by atoms with Crippen molar-refractivity contribution in [1.82, 2.24) is 0 Å². The molecule has 1 saturated carbocycles. The lowest BCUT2D eigenvalue weighted by atomic mass is 9.66. The van der Waals surface area contributed by atoms with Crippen molar-refractivity contribution >= 4 is 6.29 Å². The summed E-state index contributed by atoms with van der Waals surface area (Å²) in [7, 11) is 0. The number of nitrogens with zero attached hydrogens (tertiary/aromatic N) is 1. The van der Waals surface area contributed by atoms with Gasteiger partial charge in [0.1, 0.15) is 6.29 Å². The monoisotopic (exact) mass is 179 g/mol. The molecule has 0 aromatic carbocycles. The van der Waals surface area contributed by atoms with E-state index in [2.05, 4.69) is 13.0 Å². The number of rotatable bonds is 3. The molecule has 1 fully saturated rings. The third-order valence-electron chi connectivity index (χ3n) is 3.45. The van der Waals surface area contributed by atoms with Gasteiger partial charge in [-0.05, 0) is 25.2 Å². The fraction of sp³-hybridized carbons (Fsp3) is 0.818. The number of nitriles is 1. The quantitative estimate of drug-likeness (QED) is 0.625. The summed E-state index contributed by atoms with van der Waals surface area (Å²) in [6.07, 6.45) is 6.90. The topological polar surface area (TPSA) is 40.9 Å². The highest BCUT2D eigenvalue weighted by Gasteiger charge is 2.37. The summed E-state index contributed by atoms with van der Waals surface area (Å²) in [5.74, 6) is 0.465. The first-order valence-corrected chi connectivity index (χ1v) is 5.08. The minimum atomic E-state index is -0.173. The Labute approximate surface area is 79.9 Å². The highest BCUT2D eigenvalue weighted by Crippen LogP contribution is 2.42. The number of hydrogen-bond donors (Lipinski definition) is 0. The molecule has 0 heterocycles. The lowest BCUT2D eigenvalue weighted by molar-refractivity contribution is -0.121. The van der Waals surface area contributed by atoms with Crippen LogP contribution in [0.4, 0.5) is 0 Å². The SMILES string of the molecule is CC1CCCCC1(C=O)CCC#N. The van der Waals surface area contributed by atoms with Crippen LogP contribution in [0.2, 0.25) is 0 Å². The van der Waals surface area contributed by atoms with Crippen LogP contribution in [-0.2, 0) is 4.79 Å². The average Bonchev–Trinajstić information content (AvgIpc) is 2.17. The van der Waals surface area contributed by atoms with Gasteiger partial charge < -0.3 is 4.79 Å².